The Morgan fingerprint density at radius 3 is 3.00 bits per heavy atom. The number of halogens is 2. The van der Waals surface area contributed by atoms with E-state index in [0.29, 0.717) is 5.56 Å². The molecule has 0 fully saturated rings. The summed E-state index contributed by atoms with van der Waals surface area (Å²) < 4.78 is 12.6. The Balaban J connectivity index is 3.03. The van der Waals surface area contributed by atoms with E-state index in [0.717, 1.165) is 0 Å². The average molecular weight is 202 g/mol. The Labute approximate surface area is 66.7 Å². The minimum atomic E-state index is -0.307. The van der Waals surface area contributed by atoms with Crippen LogP contribution in [0.4, 0.5) is 4.39 Å². The number of aromatic nitrogens is 1. The maximum absolute atomic E-state index is 12.6. The fourth-order valence-electron chi connectivity index (χ4n) is 0.589. The maximum Gasteiger partial charge on any atom is 0.148 e. The third kappa shape index (κ3) is 1.64. The predicted octanol–water partition coefficient (Wildman–Crippen LogP) is 2.59. The molecule has 52 valence electrons. The second-order valence-electron chi connectivity index (χ2n) is 1.69. The van der Waals surface area contributed by atoms with E-state index in [-0.39, 0.29) is 5.82 Å². The molecule has 0 aliphatic heterocycles. The molecule has 3 heteroatoms. The topological polar surface area (TPSA) is 12.9 Å². The van der Waals surface area contributed by atoms with Gasteiger partial charge in [-0.05, 0) is 17.1 Å². The van der Waals surface area contributed by atoms with Crippen LogP contribution in [-0.2, 0) is 0 Å². The van der Waals surface area contributed by atoms with E-state index >= 15 is 0 Å². The molecule has 1 aromatic heterocycles. The Morgan fingerprint density at radius 2 is 2.40 bits per heavy atom. The summed E-state index contributed by atoms with van der Waals surface area (Å²) in [5, 5.41) is 0. The quantitative estimate of drug-likeness (QED) is 0.681. The van der Waals surface area contributed by atoms with Crippen molar-refractivity contribution in [3.63, 3.8) is 0 Å². The van der Waals surface area contributed by atoms with Gasteiger partial charge in [-0.15, -0.1) is 0 Å². The molecule has 0 atom stereocenters. The first-order valence-corrected chi connectivity index (χ1v) is 3.62. The normalized spacial score (nSPS) is 10.6. The van der Waals surface area contributed by atoms with E-state index in [1.54, 1.807) is 23.3 Å². The summed E-state index contributed by atoms with van der Waals surface area (Å²) in [6, 6.07) is 1.60. The zero-order valence-electron chi connectivity index (χ0n) is 5.09. The minimum Gasteiger partial charge on any atom is -0.262 e. The SMILES string of the molecule is Fc1cnccc1/C=C/Br. The molecule has 0 saturated heterocycles. The van der Waals surface area contributed by atoms with Crippen molar-refractivity contribution in [3.8, 4) is 0 Å². The number of rotatable bonds is 1. The van der Waals surface area contributed by atoms with E-state index in [9.17, 15) is 4.39 Å². The number of pyridine rings is 1. The molecule has 0 bridgehead atoms. The third-order valence-electron chi connectivity index (χ3n) is 1.05. The fraction of sp³-hybridized carbons (Fsp3) is 0. The highest BCUT2D eigenvalue weighted by atomic mass is 79.9. The molecule has 0 aliphatic rings. The molecule has 10 heavy (non-hydrogen) atoms. The molecule has 0 unspecified atom stereocenters. The molecule has 0 radical (unpaired) electrons. The molecule has 1 nitrogen and oxygen atoms in total. The smallest absolute Gasteiger partial charge is 0.148 e. The first-order chi connectivity index (χ1) is 4.84. The highest BCUT2D eigenvalue weighted by Gasteiger charge is 1.93. The van der Waals surface area contributed by atoms with Gasteiger partial charge in [-0.25, -0.2) is 4.39 Å². The van der Waals surface area contributed by atoms with E-state index in [1.807, 2.05) is 0 Å². The van der Waals surface area contributed by atoms with E-state index in [2.05, 4.69) is 20.9 Å². The summed E-state index contributed by atoms with van der Waals surface area (Å²) in [4.78, 5) is 5.21. The van der Waals surface area contributed by atoms with E-state index in [4.69, 9.17) is 0 Å². The van der Waals surface area contributed by atoms with Crippen LogP contribution in [0.3, 0.4) is 0 Å². The second-order valence-corrected chi connectivity index (χ2v) is 2.22. The zero-order chi connectivity index (χ0) is 7.40. The maximum atomic E-state index is 12.6. The molecule has 0 amide bonds. The van der Waals surface area contributed by atoms with Crippen molar-refractivity contribution in [1.82, 2.24) is 4.98 Å². The monoisotopic (exact) mass is 201 g/mol. The third-order valence-corrected chi connectivity index (χ3v) is 1.31. The first kappa shape index (κ1) is 7.41. The average Bonchev–Trinajstić information content (AvgIpc) is 1.94. The van der Waals surface area contributed by atoms with E-state index in [1.165, 1.54) is 6.20 Å². The van der Waals surface area contributed by atoms with Crippen LogP contribution in [0.1, 0.15) is 5.56 Å². The number of nitrogens with zero attached hydrogens (tertiary/aromatic N) is 1. The Hall–Kier alpha value is -0.700. The van der Waals surface area contributed by atoms with Crippen LogP contribution in [0.5, 0.6) is 0 Å². The molecule has 1 rings (SSSR count). The highest BCUT2D eigenvalue weighted by molar-refractivity contribution is 9.11. The molecule has 0 N–H and O–H groups in total. The van der Waals surface area contributed by atoms with Gasteiger partial charge in [0.25, 0.3) is 0 Å². The summed E-state index contributed by atoms with van der Waals surface area (Å²) in [5.74, 6) is -0.307. The van der Waals surface area contributed by atoms with Crippen LogP contribution in [0.2, 0.25) is 0 Å². The minimum absolute atomic E-state index is 0.307. The second kappa shape index (κ2) is 3.46. The Morgan fingerprint density at radius 1 is 1.60 bits per heavy atom. The molecule has 0 saturated carbocycles. The van der Waals surface area contributed by atoms with Gasteiger partial charge in [0.15, 0.2) is 0 Å². The summed E-state index contributed by atoms with van der Waals surface area (Å²) in [6.45, 7) is 0. The number of hydrogen-bond donors (Lipinski definition) is 0. The van der Waals surface area contributed by atoms with Gasteiger partial charge in [0.2, 0.25) is 0 Å². The first-order valence-electron chi connectivity index (χ1n) is 2.71. The standard InChI is InChI=1S/C7H5BrFN/c8-3-1-6-2-4-10-5-7(6)9/h1-5H/b3-1+. The summed E-state index contributed by atoms with van der Waals surface area (Å²) in [7, 11) is 0. The van der Waals surface area contributed by atoms with Gasteiger partial charge in [-0.2, -0.15) is 0 Å². The lowest BCUT2D eigenvalue weighted by atomic mass is 10.2. The van der Waals surface area contributed by atoms with Crippen LogP contribution >= 0.6 is 15.9 Å². The van der Waals surface area contributed by atoms with Gasteiger partial charge in [0.1, 0.15) is 5.82 Å². The summed E-state index contributed by atoms with van der Waals surface area (Å²) in [5.41, 5.74) is 0.534. The van der Waals surface area contributed by atoms with E-state index < -0.39 is 0 Å². The largest absolute Gasteiger partial charge is 0.262 e. The van der Waals surface area contributed by atoms with Crippen LogP contribution in [0.25, 0.3) is 6.08 Å². The molecule has 0 spiro atoms. The molecular weight excluding hydrogens is 197 g/mol. The summed E-state index contributed by atoms with van der Waals surface area (Å²) >= 11 is 3.05. The molecule has 0 aromatic carbocycles. The van der Waals surface area contributed by atoms with Crippen LogP contribution in [0, 0.1) is 5.82 Å². The van der Waals surface area contributed by atoms with Crippen molar-refractivity contribution >= 4 is 22.0 Å². The molecule has 1 heterocycles. The van der Waals surface area contributed by atoms with Crippen LogP contribution < -0.4 is 0 Å². The van der Waals surface area contributed by atoms with Crippen molar-refractivity contribution < 1.29 is 4.39 Å². The van der Waals surface area contributed by atoms with Gasteiger partial charge < -0.3 is 0 Å². The lowest BCUT2D eigenvalue weighted by molar-refractivity contribution is 0.618. The summed E-state index contributed by atoms with van der Waals surface area (Å²) in [6.07, 6.45) is 4.35. The van der Waals surface area contributed by atoms with Crippen molar-refractivity contribution in [3.05, 3.63) is 34.8 Å². The lowest BCUT2D eigenvalue weighted by Gasteiger charge is -1.91. The molecule has 1 aromatic rings. The van der Waals surface area contributed by atoms with Crippen molar-refractivity contribution in [1.29, 1.82) is 0 Å². The molecular formula is C7H5BrFN. The zero-order valence-corrected chi connectivity index (χ0v) is 6.68. The van der Waals surface area contributed by atoms with Crippen molar-refractivity contribution in [2.24, 2.45) is 0 Å². The van der Waals surface area contributed by atoms with Crippen LogP contribution in [0.15, 0.2) is 23.4 Å². The van der Waals surface area contributed by atoms with Gasteiger partial charge in [-0.3, -0.25) is 4.98 Å². The van der Waals surface area contributed by atoms with Crippen molar-refractivity contribution in [2.75, 3.05) is 0 Å². The fourth-order valence-corrected chi connectivity index (χ4v) is 0.874. The predicted molar refractivity (Wildman–Crippen MR) is 42.2 cm³/mol. The van der Waals surface area contributed by atoms with Gasteiger partial charge >= 0.3 is 0 Å². The highest BCUT2D eigenvalue weighted by Crippen LogP contribution is 2.06. The lowest BCUT2D eigenvalue weighted by Crippen LogP contribution is -1.81. The molecule has 0 aliphatic carbocycles. The van der Waals surface area contributed by atoms with Gasteiger partial charge in [-0.1, -0.05) is 15.9 Å². The van der Waals surface area contributed by atoms with Gasteiger partial charge in [0, 0.05) is 11.8 Å². The van der Waals surface area contributed by atoms with Crippen molar-refractivity contribution in [2.45, 2.75) is 0 Å². The number of hydrogen-bond acceptors (Lipinski definition) is 1. The van der Waals surface area contributed by atoms with Gasteiger partial charge in [0.05, 0.1) is 6.20 Å². The Kier molecular flexibility index (Phi) is 2.57. The Bertz CT molecular complexity index is 247. The van der Waals surface area contributed by atoms with Crippen LogP contribution in [-0.4, -0.2) is 4.98 Å².